The Bertz CT molecular complexity index is 443. The van der Waals surface area contributed by atoms with Gasteiger partial charge in [-0.15, -0.1) is 5.10 Å². The van der Waals surface area contributed by atoms with Crippen molar-refractivity contribution in [1.82, 2.24) is 14.6 Å². The molecule has 15 heavy (non-hydrogen) atoms. The van der Waals surface area contributed by atoms with E-state index in [-0.39, 0.29) is 0 Å². The molecule has 0 atom stereocenters. The lowest BCUT2D eigenvalue weighted by molar-refractivity contribution is 0.996. The highest BCUT2D eigenvalue weighted by atomic mass is 35.5. The summed E-state index contributed by atoms with van der Waals surface area (Å²) in [5.41, 5.74) is 2.79. The first-order valence-electron chi connectivity index (χ1n) is 4.37. The fraction of sp³-hybridized carbons (Fsp3) is 0.222. The van der Waals surface area contributed by atoms with Crippen LogP contribution in [0.3, 0.4) is 0 Å². The van der Waals surface area contributed by atoms with E-state index in [1.165, 1.54) is 11.5 Å². The minimum Gasteiger partial charge on any atom is -0.377 e. The van der Waals surface area contributed by atoms with Gasteiger partial charge in [0.1, 0.15) is 0 Å². The minimum atomic E-state index is 0.476. The van der Waals surface area contributed by atoms with E-state index >= 15 is 0 Å². The second-order valence-electron chi connectivity index (χ2n) is 3.10. The van der Waals surface area contributed by atoms with E-state index in [0.717, 1.165) is 16.9 Å². The molecule has 2 heterocycles. The first-order valence-corrected chi connectivity index (χ1v) is 5.59. The number of aromatic nitrogens is 3. The van der Waals surface area contributed by atoms with Gasteiger partial charge in [0.2, 0.25) is 0 Å². The summed E-state index contributed by atoms with van der Waals surface area (Å²) in [6.45, 7) is 2.58. The number of anilines is 1. The van der Waals surface area contributed by atoms with Gasteiger partial charge in [-0.05, 0) is 30.1 Å². The number of rotatable bonds is 3. The third-order valence-corrected chi connectivity index (χ3v) is 2.70. The molecule has 0 amide bonds. The second kappa shape index (κ2) is 4.55. The van der Waals surface area contributed by atoms with Crippen molar-refractivity contribution in [3.63, 3.8) is 0 Å². The summed E-state index contributed by atoms with van der Waals surface area (Å²) in [4.78, 5) is 4.05. The third-order valence-electron chi connectivity index (χ3n) is 1.84. The van der Waals surface area contributed by atoms with Crippen LogP contribution in [-0.4, -0.2) is 14.6 Å². The van der Waals surface area contributed by atoms with Crippen LogP contribution < -0.4 is 5.32 Å². The topological polar surface area (TPSA) is 50.7 Å². The molecule has 0 spiro atoms. The predicted octanol–water partition coefficient (Wildman–Crippen LogP) is 2.51. The zero-order valence-electron chi connectivity index (χ0n) is 8.07. The van der Waals surface area contributed by atoms with Crippen LogP contribution in [-0.2, 0) is 6.54 Å². The molecule has 0 aromatic carbocycles. The standard InChI is InChI=1S/C9H9ClN4S/c1-6-2-8(9(10)12-3-6)11-4-7-5-15-14-13-7/h2-3,5,11H,4H2,1H3. The normalized spacial score (nSPS) is 10.3. The average Bonchev–Trinajstić information content (AvgIpc) is 2.72. The van der Waals surface area contributed by atoms with Crippen LogP contribution in [0.1, 0.15) is 11.3 Å². The summed E-state index contributed by atoms with van der Waals surface area (Å²) in [5, 5.41) is 9.46. The summed E-state index contributed by atoms with van der Waals surface area (Å²) >= 11 is 7.26. The van der Waals surface area contributed by atoms with E-state index in [2.05, 4.69) is 19.9 Å². The Hall–Kier alpha value is -1.20. The van der Waals surface area contributed by atoms with Crippen LogP contribution in [0.15, 0.2) is 17.6 Å². The number of hydrogen-bond donors (Lipinski definition) is 1. The molecule has 2 aromatic rings. The van der Waals surface area contributed by atoms with Crippen molar-refractivity contribution >= 4 is 28.8 Å². The summed E-state index contributed by atoms with van der Waals surface area (Å²) in [7, 11) is 0. The molecule has 2 aromatic heterocycles. The molecule has 0 aliphatic carbocycles. The van der Waals surface area contributed by atoms with E-state index in [9.17, 15) is 0 Å². The highest BCUT2D eigenvalue weighted by molar-refractivity contribution is 7.03. The van der Waals surface area contributed by atoms with Crippen molar-refractivity contribution in [1.29, 1.82) is 0 Å². The lowest BCUT2D eigenvalue weighted by atomic mass is 10.3. The molecular weight excluding hydrogens is 232 g/mol. The molecule has 6 heteroatoms. The van der Waals surface area contributed by atoms with Gasteiger partial charge in [-0.2, -0.15) is 0 Å². The molecule has 1 N–H and O–H groups in total. The lowest BCUT2D eigenvalue weighted by Crippen LogP contribution is -2.01. The van der Waals surface area contributed by atoms with Gasteiger partial charge in [0.15, 0.2) is 5.15 Å². The van der Waals surface area contributed by atoms with Crippen molar-refractivity contribution in [3.8, 4) is 0 Å². The molecule has 2 rings (SSSR count). The second-order valence-corrected chi connectivity index (χ2v) is 4.07. The maximum absolute atomic E-state index is 5.93. The van der Waals surface area contributed by atoms with Crippen LogP contribution in [0.4, 0.5) is 5.69 Å². The van der Waals surface area contributed by atoms with Crippen LogP contribution in [0, 0.1) is 6.92 Å². The van der Waals surface area contributed by atoms with Crippen molar-refractivity contribution in [2.75, 3.05) is 5.32 Å². The Morgan fingerprint density at radius 1 is 1.53 bits per heavy atom. The SMILES string of the molecule is Cc1cnc(Cl)c(NCc2csnn2)c1. The summed E-state index contributed by atoms with van der Waals surface area (Å²) in [5.74, 6) is 0. The molecule has 0 radical (unpaired) electrons. The molecule has 0 saturated heterocycles. The summed E-state index contributed by atoms with van der Waals surface area (Å²) in [6, 6.07) is 1.95. The molecule has 0 unspecified atom stereocenters. The zero-order valence-corrected chi connectivity index (χ0v) is 9.64. The lowest BCUT2D eigenvalue weighted by Gasteiger charge is -2.06. The molecule has 0 fully saturated rings. The Labute approximate surface area is 96.5 Å². The number of nitrogens with one attached hydrogen (secondary N) is 1. The number of halogens is 1. The first-order chi connectivity index (χ1) is 7.25. The van der Waals surface area contributed by atoms with Gasteiger partial charge in [-0.25, -0.2) is 4.98 Å². The fourth-order valence-corrected chi connectivity index (χ4v) is 1.74. The van der Waals surface area contributed by atoms with E-state index < -0.39 is 0 Å². The van der Waals surface area contributed by atoms with E-state index in [0.29, 0.717) is 11.7 Å². The first kappa shape index (κ1) is 10.3. The van der Waals surface area contributed by atoms with E-state index in [1.54, 1.807) is 6.20 Å². The van der Waals surface area contributed by atoms with Gasteiger partial charge in [-0.3, -0.25) is 0 Å². The van der Waals surface area contributed by atoms with Crippen LogP contribution in [0.2, 0.25) is 5.15 Å². The number of aryl methyl sites for hydroxylation is 1. The molecule has 4 nitrogen and oxygen atoms in total. The molecule has 0 aliphatic rings. The largest absolute Gasteiger partial charge is 0.377 e. The fourth-order valence-electron chi connectivity index (χ4n) is 1.12. The van der Waals surface area contributed by atoms with Crippen molar-refractivity contribution in [2.45, 2.75) is 13.5 Å². The van der Waals surface area contributed by atoms with E-state index in [4.69, 9.17) is 11.6 Å². The van der Waals surface area contributed by atoms with Crippen molar-refractivity contribution in [3.05, 3.63) is 34.1 Å². The number of nitrogens with zero attached hydrogens (tertiary/aromatic N) is 3. The number of hydrogen-bond acceptors (Lipinski definition) is 5. The van der Waals surface area contributed by atoms with Gasteiger partial charge >= 0.3 is 0 Å². The van der Waals surface area contributed by atoms with Gasteiger partial charge < -0.3 is 5.32 Å². The van der Waals surface area contributed by atoms with Crippen LogP contribution in [0.5, 0.6) is 0 Å². The Morgan fingerprint density at radius 3 is 3.13 bits per heavy atom. The van der Waals surface area contributed by atoms with E-state index in [1.807, 2.05) is 18.4 Å². The molecule has 0 saturated carbocycles. The maximum atomic E-state index is 5.93. The molecule has 78 valence electrons. The Kier molecular flexibility index (Phi) is 3.13. The third kappa shape index (κ3) is 2.64. The zero-order chi connectivity index (χ0) is 10.7. The monoisotopic (exact) mass is 240 g/mol. The van der Waals surface area contributed by atoms with Gasteiger partial charge in [-0.1, -0.05) is 16.1 Å². The average molecular weight is 241 g/mol. The minimum absolute atomic E-state index is 0.476. The number of pyridine rings is 1. The summed E-state index contributed by atoms with van der Waals surface area (Å²) in [6.07, 6.45) is 1.73. The molecule has 0 aliphatic heterocycles. The van der Waals surface area contributed by atoms with Gasteiger partial charge in [0.25, 0.3) is 0 Å². The maximum Gasteiger partial charge on any atom is 0.152 e. The molecular formula is C9H9ClN4S. The molecule has 0 bridgehead atoms. The van der Waals surface area contributed by atoms with Gasteiger partial charge in [0, 0.05) is 11.6 Å². The van der Waals surface area contributed by atoms with Crippen molar-refractivity contribution < 1.29 is 0 Å². The van der Waals surface area contributed by atoms with Gasteiger partial charge in [0.05, 0.1) is 17.9 Å². The summed E-state index contributed by atoms with van der Waals surface area (Å²) < 4.78 is 3.78. The Balaban J connectivity index is 2.07. The van der Waals surface area contributed by atoms with Crippen LogP contribution in [0.25, 0.3) is 0 Å². The Morgan fingerprint density at radius 2 is 2.40 bits per heavy atom. The highest BCUT2D eigenvalue weighted by Gasteiger charge is 2.02. The van der Waals surface area contributed by atoms with Crippen molar-refractivity contribution in [2.24, 2.45) is 0 Å². The quantitative estimate of drug-likeness (QED) is 0.838. The smallest absolute Gasteiger partial charge is 0.152 e. The highest BCUT2D eigenvalue weighted by Crippen LogP contribution is 2.20. The predicted molar refractivity (Wildman–Crippen MR) is 61.2 cm³/mol. The van der Waals surface area contributed by atoms with Crippen LogP contribution >= 0.6 is 23.1 Å².